The molecule has 7 heteroatoms. The third-order valence-electron chi connectivity index (χ3n) is 4.03. The molecule has 0 saturated carbocycles. The number of hydrogen-bond donors (Lipinski definition) is 2. The molecule has 2 aromatic heterocycles. The van der Waals surface area contributed by atoms with Gasteiger partial charge in [-0.3, -0.25) is 4.98 Å². The second kappa shape index (κ2) is 7.79. The van der Waals surface area contributed by atoms with E-state index in [4.69, 9.17) is 9.26 Å². The molecule has 2 N–H and O–H groups in total. The first-order valence-corrected chi connectivity index (χ1v) is 8.09. The fourth-order valence-corrected chi connectivity index (χ4v) is 2.61. The monoisotopic (exact) mass is 353 g/mol. The summed E-state index contributed by atoms with van der Waals surface area (Å²) in [6, 6.07) is 10.8. The number of rotatable bonds is 7. The second-order valence-electron chi connectivity index (χ2n) is 5.77. The second-order valence-corrected chi connectivity index (χ2v) is 5.77. The zero-order chi connectivity index (χ0) is 18.5. The molecule has 3 aromatic rings. The van der Waals surface area contributed by atoms with Crippen molar-refractivity contribution in [1.29, 1.82) is 0 Å². The molecule has 3 rings (SSSR count). The maximum atomic E-state index is 11.8. The Kier molecular flexibility index (Phi) is 5.28. The molecule has 0 saturated heterocycles. The highest BCUT2D eigenvalue weighted by Crippen LogP contribution is 2.29. The highest BCUT2D eigenvalue weighted by Gasteiger charge is 2.27. The minimum absolute atomic E-state index is 0.0488. The van der Waals surface area contributed by atoms with Gasteiger partial charge in [0.25, 0.3) is 0 Å². The van der Waals surface area contributed by atoms with Crippen LogP contribution in [0.2, 0.25) is 0 Å². The van der Waals surface area contributed by atoms with Gasteiger partial charge in [-0.1, -0.05) is 17.3 Å². The van der Waals surface area contributed by atoms with Crippen LogP contribution in [-0.2, 0) is 6.54 Å². The van der Waals surface area contributed by atoms with Gasteiger partial charge in [-0.25, -0.2) is 4.79 Å². The first kappa shape index (κ1) is 17.6. The van der Waals surface area contributed by atoms with Gasteiger partial charge in [0.15, 0.2) is 5.76 Å². The number of nitrogens with one attached hydrogen (secondary N) is 1. The topological polar surface area (TPSA) is 97.5 Å². The number of hydrogen-bond acceptors (Lipinski definition) is 6. The fraction of sp³-hybridized carbons (Fsp3) is 0.211. The molecule has 0 bridgehead atoms. The van der Waals surface area contributed by atoms with Crippen molar-refractivity contribution in [3.63, 3.8) is 0 Å². The average Bonchev–Trinajstić information content (AvgIpc) is 3.13. The van der Waals surface area contributed by atoms with Crippen LogP contribution in [0, 0.1) is 0 Å². The lowest BCUT2D eigenvalue weighted by molar-refractivity contribution is 0.0694. The summed E-state index contributed by atoms with van der Waals surface area (Å²) in [7, 11) is 1.62. The molecule has 0 amide bonds. The quantitative estimate of drug-likeness (QED) is 0.672. The van der Waals surface area contributed by atoms with Crippen molar-refractivity contribution < 1.29 is 19.2 Å². The Labute approximate surface area is 150 Å². The van der Waals surface area contributed by atoms with E-state index in [0.29, 0.717) is 12.1 Å². The van der Waals surface area contributed by atoms with E-state index in [1.54, 1.807) is 31.6 Å². The van der Waals surface area contributed by atoms with Gasteiger partial charge in [0.05, 0.1) is 13.2 Å². The van der Waals surface area contributed by atoms with E-state index in [2.05, 4.69) is 15.5 Å². The van der Waals surface area contributed by atoms with Gasteiger partial charge in [0.2, 0.25) is 0 Å². The molecular weight excluding hydrogens is 334 g/mol. The van der Waals surface area contributed by atoms with Gasteiger partial charge < -0.3 is 19.7 Å². The normalized spacial score (nSPS) is 11.9. The van der Waals surface area contributed by atoms with Crippen molar-refractivity contribution in [2.24, 2.45) is 0 Å². The molecule has 0 aliphatic heterocycles. The van der Waals surface area contributed by atoms with Crippen LogP contribution in [-0.4, -0.2) is 28.3 Å². The Hall–Kier alpha value is -3.19. The van der Waals surface area contributed by atoms with Gasteiger partial charge in [0.1, 0.15) is 17.0 Å². The van der Waals surface area contributed by atoms with E-state index < -0.39 is 5.97 Å². The molecule has 0 aliphatic carbocycles. The van der Waals surface area contributed by atoms with Crippen molar-refractivity contribution in [3.8, 4) is 17.0 Å². The van der Waals surface area contributed by atoms with Crippen LogP contribution in [0.4, 0.5) is 0 Å². The standard InChI is InChI=1S/C19H19N3O4/c1-12(21-10-13-5-7-15(25-2)8-6-13)18-16(19(23)24)17(22-26-18)14-4-3-9-20-11-14/h3-9,11-12,21H,10H2,1-2H3,(H,23,24). The van der Waals surface area contributed by atoms with Crippen molar-refractivity contribution in [1.82, 2.24) is 15.5 Å². The van der Waals surface area contributed by atoms with Crippen LogP contribution in [0.1, 0.15) is 34.6 Å². The highest BCUT2D eigenvalue weighted by atomic mass is 16.5. The first-order chi connectivity index (χ1) is 12.6. The molecule has 0 radical (unpaired) electrons. The molecule has 0 fully saturated rings. The number of methoxy groups -OCH3 is 1. The summed E-state index contributed by atoms with van der Waals surface area (Å²) in [4.78, 5) is 15.8. The van der Waals surface area contributed by atoms with Crippen LogP contribution in [0.3, 0.4) is 0 Å². The number of carboxylic acids is 1. The summed E-state index contributed by atoms with van der Waals surface area (Å²) < 4.78 is 10.5. The summed E-state index contributed by atoms with van der Waals surface area (Å²) in [6.07, 6.45) is 3.17. The molecule has 1 aromatic carbocycles. The number of benzene rings is 1. The van der Waals surface area contributed by atoms with Crippen LogP contribution in [0.5, 0.6) is 5.75 Å². The summed E-state index contributed by atoms with van der Waals surface area (Å²) >= 11 is 0. The molecule has 26 heavy (non-hydrogen) atoms. The van der Waals surface area contributed by atoms with Crippen molar-refractivity contribution in [3.05, 3.63) is 65.7 Å². The number of ether oxygens (including phenoxy) is 1. The molecular formula is C19H19N3O4. The van der Waals surface area contributed by atoms with E-state index >= 15 is 0 Å². The van der Waals surface area contributed by atoms with Crippen molar-refractivity contribution in [2.75, 3.05) is 7.11 Å². The molecule has 1 atom stereocenters. The van der Waals surface area contributed by atoms with Crippen molar-refractivity contribution in [2.45, 2.75) is 19.5 Å². The van der Waals surface area contributed by atoms with E-state index in [1.807, 2.05) is 31.2 Å². The minimum Gasteiger partial charge on any atom is -0.497 e. The molecule has 134 valence electrons. The van der Waals surface area contributed by atoms with E-state index in [-0.39, 0.29) is 23.1 Å². The maximum Gasteiger partial charge on any atom is 0.341 e. The molecule has 1 unspecified atom stereocenters. The Morgan fingerprint density at radius 1 is 1.31 bits per heavy atom. The number of aromatic carboxylic acids is 1. The summed E-state index contributed by atoms with van der Waals surface area (Å²) in [5.74, 6) is -0.0191. The third-order valence-corrected chi connectivity index (χ3v) is 4.03. The van der Waals surface area contributed by atoms with Crippen LogP contribution >= 0.6 is 0 Å². The Morgan fingerprint density at radius 2 is 2.08 bits per heavy atom. The number of pyridine rings is 1. The molecule has 0 spiro atoms. The zero-order valence-electron chi connectivity index (χ0n) is 14.5. The number of carbonyl (C=O) groups is 1. The largest absolute Gasteiger partial charge is 0.497 e. The molecule has 2 heterocycles. The van der Waals surface area contributed by atoms with Gasteiger partial charge in [-0.2, -0.15) is 0 Å². The minimum atomic E-state index is -1.08. The van der Waals surface area contributed by atoms with Gasteiger partial charge in [-0.15, -0.1) is 0 Å². The summed E-state index contributed by atoms with van der Waals surface area (Å²) in [5.41, 5.74) is 1.97. The Bertz CT molecular complexity index is 876. The fourth-order valence-electron chi connectivity index (χ4n) is 2.61. The van der Waals surface area contributed by atoms with E-state index in [0.717, 1.165) is 11.3 Å². The lowest BCUT2D eigenvalue weighted by Gasteiger charge is -2.12. The predicted octanol–water partition coefficient (Wildman–Crippen LogP) is 3.29. The predicted molar refractivity (Wildman–Crippen MR) is 94.9 cm³/mol. The SMILES string of the molecule is COc1ccc(CNC(C)c2onc(-c3cccnc3)c2C(=O)O)cc1. The summed E-state index contributed by atoms with van der Waals surface area (Å²) in [5, 5.41) is 16.8. The van der Waals surface area contributed by atoms with Crippen molar-refractivity contribution >= 4 is 5.97 Å². The maximum absolute atomic E-state index is 11.8. The van der Waals surface area contributed by atoms with Gasteiger partial charge in [0, 0.05) is 24.5 Å². The molecule has 7 nitrogen and oxygen atoms in total. The van der Waals surface area contributed by atoms with Gasteiger partial charge >= 0.3 is 5.97 Å². The van der Waals surface area contributed by atoms with E-state index in [1.165, 1.54) is 0 Å². The smallest absolute Gasteiger partial charge is 0.341 e. The first-order valence-electron chi connectivity index (χ1n) is 8.09. The third kappa shape index (κ3) is 3.73. The summed E-state index contributed by atoms with van der Waals surface area (Å²) in [6.45, 7) is 2.39. The number of nitrogens with zero attached hydrogens (tertiary/aromatic N) is 2. The Morgan fingerprint density at radius 3 is 2.69 bits per heavy atom. The van der Waals surface area contributed by atoms with Crippen LogP contribution in [0.25, 0.3) is 11.3 Å². The molecule has 0 aliphatic rings. The van der Waals surface area contributed by atoms with Gasteiger partial charge in [-0.05, 0) is 36.8 Å². The van der Waals surface area contributed by atoms with Crippen LogP contribution in [0.15, 0.2) is 53.3 Å². The number of carboxylic acid groups (broad SMARTS) is 1. The Balaban J connectivity index is 1.79. The van der Waals surface area contributed by atoms with E-state index in [9.17, 15) is 9.90 Å². The number of aromatic nitrogens is 2. The highest BCUT2D eigenvalue weighted by molar-refractivity contribution is 5.95. The average molecular weight is 353 g/mol. The zero-order valence-corrected chi connectivity index (χ0v) is 14.5. The van der Waals surface area contributed by atoms with Crippen LogP contribution < -0.4 is 10.1 Å². The lowest BCUT2D eigenvalue weighted by Crippen LogP contribution is -2.19. The lowest BCUT2D eigenvalue weighted by atomic mass is 10.0.